The fourth-order valence-corrected chi connectivity index (χ4v) is 2.53. The van der Waals surface area contributed by atoms with E-state index in [2.05, 4.69) is 11.1 Å². The number of nitrogens with zero attached hydrogens (tertiary/aromatic N) is 3. The molecule has 0 saturated carbocycles. The first-order chi connectivity index (χ1) is 8.31. The number of nitrogens with two attached hydrogens (primary N) is 1. The van der Waals surface area contributed by atoms with Crippen LogP contribution in [0.1, 0.15) is 5.69 Å². The van der Waals surface area contributed by atoms with Crippen molar-refractivity contribution in [2.75, 3.05) is 5.73 Å². The Hall–Kier alpha value is -2.32. The van der Waals surface area contributed by atoms with E-state index >= 15 is 0 Å². The SMILES string of the molecule is N#Cc1cccn1-c1ccc2scnc2c1N. The molecule has 1 aromatic carbocycles. The summed E-state index contributed by atoms with van der Waals surface area (Å²) in [5.41, 5.74) is 10.6. The van der Waals surface area contributed by atoms with Gasteiger partial charge in [-0.2, -0.15) is 5.26 Å². The third kappa shape index (κ3) is 1.39. The number of hydrogen-bond acceptors (Lipinski definition) is 4. The van der Waals surface area contributed by atoms with Crippen LogP contribution in [0.4, 0.5) is 5.69 Å². The summed E-state index contributed by atoms with van der Waals surface area (Å²) in [7, 11) is 0. The highest BCUT2D eigenvalue weighted by Gasteiger charge is 2.10. The van der Waals surface area contributed by atoms with Crippen molar-refractivity contribution in [3.8, 4) is 11.8 Å². The van der Waals surface area contributed by atoms with Gasteiger partial charge in [0.15, 0.2) is 0 Å². The second kappa shape index (κ2) is 3.61. The molecule has 2 aromatic heterocycles. The van der Waals surface area contributed by atoms with Gasteiger partial charge in [-0.1, -0.05) is 0 Å². The minimum Gasteiger partial charge on any atom is -0.395 e. The Labute approximate surface area is 102 Å². The lowest BCUT2D eigenvalue weighted by atomic mass is 10.2. The predicted octanol–water partition coefficient (Wildman–Crippen LogP) is 2.54. The summed E-state index contributed by atoms with van der Waals surface area (Å²) in [4.78, 5) is 4.24. The van der Waals surface area contributed by atoms with Crippen LogP contribution in [0.3, 0.4) is 0 Å². The van der Waals surface area contributed by atoms with E-state index in [1.54, 1.807) is 27.5 Å². The van der Waals surface area contributed by atoms with Crippen LogP contribution < -0.4 is 5.73 Å². The number of thiazole rings is 1. The molecular formula is C12H8N4S. The predicted molar refractivity (Wildman–Crippen MR) is 68.1 cm³/mol. The molecule has 5 heteroatoms. The monoisotopic (exact) mass is 240 g/mol. The summed E-state index contributed by atoms with van der Waals surface area (Å²) in [6.45, 7) is 0. The molecular weight excluding hydrogens is 232 g/mol. The Morgan fingerprint density at radius 1 is 1.35 bits per heavy atom. The molecule has 0 aliphatic heterocycles. The first kappa shape index (κ1) is 9.87. The van der Waals surface area contributed by atoms with Crippen molar-refractivity contribution in [2.45, 2.75) is 0 Å². The third-order valence-electron chi connectivity index (χ3n) is 2.64. The van der Waals surface area contributed by atoms with Crippen molar-refractivity contribution >= 4 is 27.2 Å². The highest BCUT2D eigenvalue weighted by molar-refractivity contribution is 7.16. The molecule has 0 aliphatic carbocycles. The molecule has 0 aliphatic rings. The topological polar surface area (TPSA) is 67.6 Å². The Balaban J connectivity index is 2.31. The number of fused-ring (bicyclic) bond motifs is 1. The lowest BCUT2D eigenvalue weighted by Gasteiger charge is -2.08. The Bertz CT molecular complexity index is 732. The van der Waals surface area contributed by atoms with Crippen LogP contribution in [0.5, 0.6) is 0 Å². The molecule has 0 unspecified atom stereocenters. The van der Waals surface area contributed by atoms with Gasteiger partial charge in [0, 0.05) is 6.20 Å². The maximum atomic E-state index is 9.01. The van der Waals surface area contributed by atoms with Gasteiger partial charge in [0.2, 0.25) is 0 Å². The van der Waals surface area contributed by atoms with Crippen LogP contribution in [-0.2, 0) is 0 Å². The zero-order valence-electron chi connectivity index (χ0n) is 8.79. The quantitative estimate of drug-likeness (QED) is 0.664. The average molecular weight is 240 g/mol. The second-order valence-electron chi connectivity index (χ2n) is 3.57. The summed E-state index contributed by atoms with van der Waals surface area (Å²) in [6.07, 6.45) is 1.82. The van der Waals surface area contributed by atoms with E-state index in [4.69, 9.17) is 11.0 Å². The van der Waals surface area contributed by atoms with Crippen LogP contribution in [0.15, 0.2) is 36.0 Å². The zero-order chi connectivity index (χ0) is 11.8. The van der Waals surface area contributed by atoms with Crippen molar-refractivity contribution in [2.24, 2.45) is 0 Å². The zero-order valence-corrected chi connectivity index (χ0v) is 9.61. The minimum atomic E-state index is 0.561. The van der Waals surface area contributed by atoms with Gasteiger partial charge in [-0.15, -0.1) is 11.3 Å². The standard InChI is InChI=1S/C12H8N4S/c13-6-8-2-1-5-16(8)9-3-4-10-12(11(9)14)15-7-17-10/h1-5,7H,14H2. The Morgan fingerprint density at radius 2 is 2.24 bits per heavy atom. The normalized spacial score (nSPS) is 10.5. The summed E-state index contributed by atoms with van der Waals surface area (Å²) in [6, 6.07) is 9.60. The van der Waals surface area contributed by atoms with E-state index in [9.17, 15) is 0 Å². The molecule has 0 atom stereocenters. The van der Waals surface area contributed by atoms with Crippen molar-refractivity contribution in [1.29, 1.82) is 5.26 Å². The molecule has 2 heterocycles. The number of rotatable bonds is 1. The van der Waals surface area contributed by atoms with E-state index in [1.807, 2.05) is 24.4 Å². The van der Waals surface area contributed by atoms with Gasteiger partial charge >= 0.3 is 0 Å². The summed E-state index contributed by atoms with van der Waals surface area (Å²) >= 11 is 1.55. The van der Waals surface area contributed by atoms with Crippen molar-refractivity contribution < 1.29 is 0 Å². The fourth-order valence-electron chi connectivity index (χ4n) is 1.83. The molecule has 0 bridgehead atoms. The van der Waals surface area contributed by atoms with E-state index in [0.717, 1.165) is 15.9 Å². The lowest BCUT2D eigenvalue weighted by Crippen LogP contribution is -2.01. The average Bonchev–Trinajstić information content (AvgIpc) is 2.97. The summed E-state index contributed by atoms with van der Waals surface area (Å²) in [5.74, 6) is 0. The maximum Gasteiger partial charge on any atom is 0.124 e. The highest BCUT2D eigenvalue weighted by Crippen LogP contribution is 2.29. The van der Waals surface area contributed by atoms with Gasteiger partial charge in [0.1, 0.15) is 17.3 Å². The molecule has 17 heavy (non-hydrogen) atoms. The molecule has 0 spiro atoms. The maximum absolute atomic E-state index is 9.01. The van der Waals surface area contributed by atoms with Gasteiger partial charge in [-0.25, -0.2) is 4.98 Å². The molecule has 0 amide bonds. The van der Waals surface area contributed by atoms with E-state index in [-0.39, 0.29) is 0 Å². The van der Waals surface area contributed by atoms with E-state index in [1.165, 1.54) is 0 Å². The number of benzene rings is 1. The van der Waals surface area contributed by atoms with Crippen LogP contribution in [0.2, 0.25) is 0 Å². The first-order valence-electron chi connectivity index (χ1n) is 5.01. The third-order valence-corrected chi connectivity index (χ3v) is 3.44. The van der Waals surface area contributed by atoms with Gasteiger partial charge in [0.05, 0.1) is 21.6 Å². The number of nitrogen functional groups attached to an aromatic ring is 1. The number of aromatic nitrogens is 2. The van der Waals surface area contributed by atoms with Gasteiger partial charge in [-0.05, 0) is 24.3 Å². The van der Waals surface area contributed by atoms with Crippen LogP contribution >= 0.6 is 11.3 Å². The molecule has 0 fully saturated rings. The first-order valence-corrected chi connectivity index (χ1v) is 5.89. The van der Waals surface area contributed by atoms with Crippen LogP contribution in [0, 0.1) is 11.3 Å². The smallest absolute Gasteiger partial charge is 0.124 e. The van der Waals surface area contributed by atoms with Crippen molar-refractivity contribution in [3.63, 3.8) is 0 Å². The largest absolute Gasteiger partial charge is 0.395 e. The number of anilines is 1. The van der Waals surface area contributed by atoms with E-state index in [0.29, 0.717) is 11.4 Å². The van der Waals surface area contributed by atoms with Crippen LogP contribution in [-0.4, -0.2) is 9.55 Å². The molecule has 3 rings (SSSR count). The molecule has 3 aromatic rings. The minimum absolute atomic E-state index is 0.561. The molecule has 4 nitrogen and oxygen atoms in total. The van der Waals surface area contributed by atoms with Gasteiger partial charge < -0.3 is 10.3 Å². The fraction of sp³-hybridized carbons (Fsp3) is 0. The lowest BCUT2D eigenvalue weighted by molar-refractivity contribution is 1.06. The van der Waals surface area contributed by atoms with Crippen LogP contribution in [0.25, 0.3) is 15.9 Å². The summed E-state index contributed by atoms with van der Waals surface area (Å²) < 4.78 is 2.82. The Morgan fingerprint density at radius 3 is 3.06 bits per heavy atom. The molecule has 0 radical (unpaired) electrons. The summed E-state index contributed by atoms with van der Waals surface area (Å²) in [5, 5.41) is 9.01. The van der Waals surface area contributed by atoms with Gasteiger partial charge in [0.25, 0.3) is 0 Å². The number of nitriles is 1. The van der Waals surface area contributed by atoms with E-state index < -0.39 is 0 Å². The molecule has 82 valence electrons. The number of hydrogen-bond donors (Lipinski definition) is 1. The van der Waals surface area contributed by atoms with Crippen molar-refractivity contribution in [3.05, 3.63) is 41.7 Å². The van der Waals surface area contributed by atoms with Crippen molar-refractivity contribution in [1.82, 2.24) is 9.55 Å². The molecule has 0 saturated heterocycles. The van der Waals surface area contributed by atoms with Gasteiger partial charge in [-0.3, -0.25) is 0 Å². The molecule has 2 N–H and O–H groups in total. The highest BCUT2D eigenvalue weighted by atomic mass is 32.1. The second-order valence-corrected chi connectivity index (χ2v) is 4.46. The Kier molecular flexibility index (Phi) is 2.10.